The first-order valence-electron chi connectivity index (χ1n) is 8.84. The molecule has 0 radical (unpaired) electrons. The Balaban J connectivity index is 2.16. The molecule has 0 N–H and O–H groups in total. The third-order valence-corrected chi connectivity index (χ3v) is 7.50. The van der Waals surface area contributed by atoms with E-state index in [0.29, 0.717) is 17.7 Å². The topological polar surface area (TPSA) is 43.4 Å². The minimum Gasteiger partial charge on any atom is -0.494 e. The molecule has 0 unspecified atom stereocenters. The lowest BCUT2D eigenvalue weighted by atomic mass is 10.2. The van der Waals surface area contributed by atoms with Crippen molar-refractivity contribution in [1.29, 1.82) is 0 Å². The first-order valence-corrected chi connectivity index (χ1v) is 11.7. The van der Waals surface area contributed by atoms with E-state index in [4.69, 9.17) is 51.1 Å². The third kappa shape index (κ3) is 4.82. The zero-order valence-corrected chi connectivity index (χ0v) is 19.6. The van der Waals surface area contributed by atoms with Crippen molar-refractivity contribution in [3.8, 4) is 5.75 Å². The van der Waals surface area contributed by atoms with Gasteiger partial charge >= 0.3 is 0 Å². The van der Waals surface area contributed by atoms with Gasteiger partial charge < -0.3 is 4.74 Å². The third-order valence-electron chi connectivity index (χ3n) is 4.17. The summed E-state index contributed by atoms with van der Waals surface area (Å²) in [5.41, 5.74) is -0.772. The average Bonchev–Trinajstić information content (AvgIpc) is 2.69. The van der Waals surface area contributed by atoms with Crippen molar-refractivity contribution < 1.29 is 14.3 Å². The van der Waals surface area contributed by atoms with Crippen LogP contribution < -0.4 is 10.0 Å². The molecule has 0 spiro atoms. The summed E-state index contributed by atoms with van der Waals surface area (Å²) in [6.45, 7) is 2.36. The predicted octanol–water partition coefficient (Wildman–Crippen LogP) is 7.49. The van der Waals surface area contributed by atoms with Crippen LogP contribution in [0.15, 0.2) is 60.7 Å². The number of hydrogen-bond acceptors (Lipinski definition) is 3. The standard InChI is InChI=1S/C22H15Cl4O3P/c1-2-29-13-9-11-14(12-10-13)30(21(27)19-15(23)5-3-6-16(19)24)22(28)20-17(25)7-4-8-18(20)26/h3-12H,2H2,1H3. The van der Waals surface area contributed by atoms with E-state index in [9.17, 15) is 9.59 Å². The summed E-state index contributed by atoms with van der Waals surface area (Å²) < 4.78 is 5.46. The zero-order chi connectivity index (χ0) is 21.8. The van der Waals surface area contributed by atoms with Crippen LogP contribution in [-0.4, -0.2) is 17.7 Å². The number of halogens is 4. The fraction of sp³-hybridized carbons (Fsp3) is 0.0909. The second-order valence-electron chi connectivity index (χ2n) is 6.07. The van der Waals surface area contributed by atoms with Gasteiger partial charge in [0.25, 0.3) is 0 Å². The minimum atomic E-state index is -2.09. The average molecular weight is 500 g/mol. The lowest BCUT2D eigenvalue weighted by molar-refractivity contribution is 0.105. The number of carbonyl (C=O) groups is 2. The Labute approximate surface area is 195 Å². The summed E-state index contributed by atoms with van der Waals surface area (Å²) in [6, 6.07) is 16.3. The smallest absolute Gasteiger partial charge is 0.199 e. The molecule has 3 aromatic carbocycles. The van der Waals surface area contributed by atoms with Gasteiger partial charge in [-0.25, -0.2) is 0 Å². The van der Waals surface area contributed by atoms with Crippen molar-refractivity contribution in [1.82, 2.24) is 0 Å². The summed E-state index contributed by atoms with van der Waals surface area (Å²) >= 11 is 25.0. The predicted molar refractivity (Wildman–Crippen MR) is 126 cm³/mol. The molecule has 3 nitrogen and oxygen atoms in total. The second-order valence-corrected chi connectivity index (χ2v) is 9.69. The molecular weight excluding hydrogens is 485 g/mol. The van der Waals surface area contributed by atoms with Gasteiger partial charge in [0, 0.05) is 0 Å². The molecule has 0 aliphatic rings. The maximum absolute atomic E-state index is 13.6. The number of rotatable bonds is 7. The molecule has 154 valence electrons. The van der Waals surface area contributed by atoms with E-state index in [1.807, 2.05) is 6.92 Å². The van der Waals surface area contributed by atoms with Crippen molar-refractivity contribution in [2.75, 3.05) is 6.61 Å². The summed E-state index contributed by atoms with van der Waals surface area (Å²) in [7, 11) is -2.09. The molecule has 0 amide bonds. The summed E-state index contributed by atoms with van der Waals surface area (Å²) in [5.74, 6) is 0.627. The minimum absolute atomic E-state index is 0.0948. The van der Waals surface area contributed by atoms with E-state index in [1.54, 1.807) is 60.7 Å². The van der Waals surface area contributed by atoms with Gasteiger partial charge in [0.05, 0.1) is 45.7 Å². The van der Waals surface area contributed by atoms with E-state index in [0.717, 1.165) is 0 Å². The number of hydrogen-bond donors (Lipinski definition) is 0. The highest BCUT2D eigenvalue weighted by atomic mass is 35.5. The zero-order valence-electron chi connectivity index (χ0n) is 15.7. The summed E-state index contributed by atoms with van der Waals surface area (Å²) in [4.78, 5) is 27.1. The van der Waals surface area contributed by atoms with Crippen LogP contribution in [0.1, 0.15) is 27.6 Å². The number of benzene rings is 3. The van der Waals surface area contributed by atoms with E-state index < -0.39 is 19.0 Å². The van der Waals surface area contributed by atoms with Gasteiger partial charge in [-0.3, -0.25) is 9.59 Å². The van der Waals surface area contributed by atoms with Crippen LogP contribution in [0.25, 0.3) is 0 Å². The Morgan fingerprint density at radius 2 is 1.13 bits per heavy atom. The monoisotopic (exact) mass is 498 g/mol. The van der Waals surface area contributed by atoms with Gasteiger partial charge in [-0.2, -0.15) is 0 Å². The number of carbonyl (C=O) groups excluding carboxylic acids is 2. The number of ether oxygens (including phenoxy) is 1. The van der Waals surface area contributed by atoms with E-state index in [2.05, 4.69) is 0 Å². The highest BCUT2D eigenvalue weighted by Crippen LogP contribution is 2.47. The molecule has 0 saturated heterocycles. The molecule has 0 heterocycles. The van der Waals surface area contributed by atoms with Crippen molar-refractivity contribution >= 4 is 70.7 Å². The summed E-state index contributed by atoms with van der Waals surface area (Å²) in [5, 5.41) is 1.19. The van der Waals surface area contributed by atoms with E-state index >= 15 is 0 Å². The van der Waals surface area contributed by atoms with Crippen LogP contribution in [0, 0.1) is 0 Å². The molecule has 0 aliphatic heterocycles. The second kappa shape index (κ2) is 10.1. The van der Waals surface area contributed by atoms with Gasteiger partial charge in [-0.15, -0.1) is 0 Å². The highest BCUT2D eigenvalue weighted by molar-refractivity contribution is 7.96. The van der Waals surface area contributed by atoms with Crippen LogP contribution in [0.4, 0.5) is 0 Å². The Morgan fingerprint density at radius 3 is 1.50 bits per heavy atom. The van der Waals surface area contributed by atoms with Crippen LogP contribution >= 0.6 is 54.3 Å². The molecule has 0 fully saturated rings. The maximum Gasteiger partial charge on any atom is 0.199 e. The van der Waals surface area contributed by atoms with Gasteiger partial charge in [0.1, 0.15) is 5.75 Å². The maximum atomic E-state index is 13.6. The van der Waals surface area contributed by atoms with Crippen LogP contribution in [-0.2, 0) is 0 Å². The molecule has 0 bridgehead atoms. The molecular formula is C22H15Cl4O3P. The fourth-order valence-electron chi connectivity index (χ4n) is 2.81. The molecule has 0 aliphatic carbocycles. The molecule has 3 rings (SSSR count). The Morgan fingerprint density at radius 1 is 0.733 bits per heavy atom. The van der Waals surface area contributed by atoms with E-state index in [-0.39, 0.29) is 31.2 Å². The lowest BCUT2D eigenvalue weighted by Gasteiger charge is -2.19. The first kappa shape index (κ1) is 23.1. The van der Waals surface area contributed by atoms with Crippen molar-refractivity contribution in [3.05, 3.63) is 91.9 Å². The largest absolute Gasteiger partial charge is 0.494 e. The van der Waals surface area contributed by atoms with Crippen molar-refractivity contribution in [2.45, 2.75) is 6.92 Å². The summed E-state index contributed by atoms with van der Waals surface area (Å²) in [6.07, 6.45) is 0. The van der Waals surface area contributed by atoms with Gasteiger partial charge in [0.2, 0.25) is 0 Å². The van der Waals surface area contributed by atoms with Crippen molar-refractivity contribution in [2.24, 2.45) is 0 Å². The van der Waals surface area contributed by atoms with Gasteiger partial charge in [-0.05, 0) is 60.8 Å². The van der Waals surface area contributed by atoms with Crippen LogP contribution in [0.3, 0.4) is 0 Å². The molecule has 0 saturated carbocycles. The lowest BCUT2D eigenvalue weighted by Crippen LogP contribution is -2.17. The fourth-order valence-corrected chi connectivity index (χ4v) is 6.24. The Hall–Kier alpha value is -1.61. The highest BCUT2D eigenvalue weighted by Gasteiger charge is 2.34. The Bertz CT molecular complexity index is 996. The molecule has 8 heteroatoms. The molecule has 0 atom stereocenters. The van der Waals surface area contributed by atoms with Gasteiger partial charge in [0.15, 0.2) is 11.0 Å². The molecule has 0 aromatic heterocycles. The van der Waals surface area contributed by atoms with E-state index in [1.165, 1.54) is 0 Å². The SMILES string of the molecule is CCOc1ccc(P(C(=O)c2c(Cl)cccc2Cl)C(=O)c2c(Cl)cccc2Cl)cc1. The Kier molecular flexibility index (Phi) is 7.79. The van der Waals surface area contributed by atoms with Crippen LogP contribution in [0.2, 0.25) is 20.1 Å². The molecule has 3 aromatic rings. The van der Waals surface area contributed by atoms with Crippen LogP contribution in [0.5, 0.6) is 5.75 Å². The van der Waals surface area contributed by atoms with Crippen molar-refractivity contribution in [3.63, 3.8) is 0 Å². The first-order chi connectivity index (χ1) is 14.3. The molecule has 30 heavy (non-hydrogen) atoms. The normalized spacial score (nSPS) is 10.9. The van der Waals surface area contributed by atoms with Gasteiger partial charge in [-0.1, -0.05) is 58.5 Å². The quantitative estimate of drug-likeness (QED) is 0.316.